The Morgan fingerprint density at radius 2 is 2.11 bits per heavy atom. The number of pyridine rings is 1. The molecule has 0 bridgehead atoms. The van der Waals surface area contributed by atoms with E-state index in [1.807, 2.05) is 6.07 Å². The summed E-state index contributed by atoms with van der Waals surface area (Å²) in [6.45, 7) is 0.678. The zero-order valence-electron chi connectivity index (χ0n) is 16.2. The Hall–Kier alpha value is -1.84. The quantitative estimate of drug-likeness (QED) is 0.780. The zero-order valence-corrected chi connectivity index (χ0v) is 17.0. The third kappa shape index (κ3) is 3.58. The van der Waals surface area contributed by atoms with Crippen molar-refractivity contribution in [2.75, 3.05) is 24.2 Å². The van der Waals surface area contributed by atoms with Gasteiger partial charge in [0.25, 0.3) is 0 Å². The van der Waals surface area contributed by atoms with Crippen LogP contribution in [-0.2, 0) is 14.6 Å². The maximum Gasteiger partial charge on any atom is 0.328 e. The number of carbonyl (C=O) groups is 1. The summed E-state index contributed by atoms with van der Waals surface area (Å²) in [6.07, 6.45) is 11.4. The summed E-state index contributed by atoms with van der Waals surface area (Å²) in [4.78, 5) is 23.8. The molecule has 1 aromatic rings. The number of carbonyl (C=O) groups excluding carboxylic acids is 1. The minimum absolute atomic E-state index is 0.184. The predicted octanol–water partition coefficient (Wildman–Crippen LogP) is 2.35. The summed E-state index contributed by atoms with van der Waals surface area (Å²) in [6, 6.07) is 3.53. The normalized spacial score (nSPS) is 30.6. The number of nitrogens with one attached hydrogen (secondary N) is 1. The van der Waals surface area contributed by atoms with Crippen LogP contribution in [0.2, 0.25) is 0 Å². The van der Waals surface area contributed by atoms with Crippen LogP contribution >= 0.6 is 0 Å². The Balaban J connectivity index is 1.77. The average molecular weight is 406 g/mol. The molecule has 2 atom stereocenters. The second kappa shape index (κ2) is 7.53. The first-order chi connectivity index (χ1) is 13.4. The molecule has 3 fully saturated rings. The van der Waals surface area contributed by atoms with Crippen LogP contribution in [0.3, 0.4) is 0 Å². The lowest BCUT2D eigenvalue weighted by atomic mass is 9.87. The number of urea groups is 1. The number of hydrogen-bond acceptors (Lipinski definition) is 5. The van der Waals surface area contributed by atoms with E-state index in [9.17, 15) is 13.6 Å². The van der Waals surface area contributed by atoms with Crippen LogP contribution in [0.4, 0.5) is 10.5 Å². The van der Waals surface area contributed by atoms with Gasteiger partial charge in [0.1, 0.15) is 28.0 Å². The molecule has 8 nitrogen and oxygen atoms in total. The standard InChI is InChI=1S/C19H27N5O3S/c1-28(26,27)23-12-6-10-19(14-23)17(21-15-7-3-2-4-8-15)22-18(25)24(19)16-9-5-11-20-13-16/h5,9,11,13,15H,2-4,6-8,10,12,14H2,1H3,(H-,21,22,25,26,27). The minimum Gasteiger partial charge on any atom is -0.598 e. The van der Waals surface area contributed by atoms with Crippen molar-refractivity contribution in [3.8, 4) is 0 Å². The van der Waals surface area contributed by atoms with Crippen molar-refractivity contribution in [1.29, 1.82) is 0 Å². The highest BCUT2D eigenvalue weighted by atomic mass is 32.3. The van der Waals surface area contributed by atoms with Gasteiger partial charge in [0.2, 0.25) is 0 Å². The van der Waals surface area contributed by atoms with Gasteiger partial charge in [-0.15, -0.1) is 4.31 Å². The number of aliphatic imine (C=N–C) groups is 1. The van der Waals surface area contributed by atoms with E-state index >= 15 is 0 Å². The van der Waals surface area contributed by atoms with Crippen LogP contribution in [0.5, 0.6) is 0 Å². The molecule has 1 aliphatic carbocycles. The van der Waals surface area contributed by atoms with Crippen LogP contribution < -0.4 is 10.2 Å². The first kappa shape index (κ1) is 19.5. The summed E-state index contributed by atoms with van der Waals surface area (Å²) in [5.74, 6) is 0.613. The lowest BCUT2D eigenvalue weighted by Gasteiger charge is -2.44. The van der Waals surface area contributed by atoms with Gasteiger partial charge in [0, 0.05) is 12.7 Å². The molecule has 3 aliphatic rings. The maximum atomic E-state index is 13.0. The Morgan fingerprint density at radius 1 is 1.32 bits per heavy atom. The van der Waals surface area contributed by atoms with Crippen LogP contribution in [0.1, 0.15) is 44.9 Å². The van der Waals surface area contributed by atoms with Gasteiger partial charge in [0.05, 0.1) is 24.5 Å². The smallest absolute Gasteiger partial charge is 0.328 e. The fourth-order valence-electron chi connectivity index (χ4n) is 4.63. The molecule has 2 aliphatic heterocycles. The SMILES string of the molecule is C[S+](=O)([O-])N1CCCC2(C1)C(=NC1CCCCC1)NC(=O)N2c1cccnc1. The van der Waals surface area contributed by atoms with E-state index in [1.165, 1.54) is 17.0 Å². The van der Waals surface area contributed by atoms with E-state index < -0.39 is 15.9 Å². The van der Waals surface area contributed by atoms with Crippen molar-refractivity contribution >= 4 is 28.0 Å². The largest absolute Gasteiger partial charge is 0.598 e. The maximum absolute atomic E-state index is 13.0. The third-order valence-electron chi connectivity index (χ3n) is 5.99. The number of anilines is 1. The molecule has 1 saturated carbocycles. The summed E-state index contributed by atoms with van der Waals surface area (Å²) in [5, 5.41) is 2.97. The average Bonchev–Trinajstić information content (AvgIpc) is 2.93. The van der Waals surface area contributed by atoms with Crippen LogP contribution in [0.15, 0.2) is 29.5 Å². The highest BCUT2D eigenvalue weighted by molar-refractivity contribution is 7.94. The van der Waals surface area contributed by atoms with Gasteiger partial charge in [-0.25, -0.2) is 4.79 Å². The summed E-state index contributed by atoms with van der Waals surface area (Å²) in [7, 11) is -3.37. The van der Waals surface area contributed by atoms with Crippen LogP contribution in [-0.4, -0.2) is 56.6 Å². The fraction of sp³-hybridized carbons (Fsp3) is 0.632. The number of amides is 2. The number of rotatable bonds is 3. The Labute approximate surface area is 166 Å². The molecule has 4 rings (SSSR count). The number of amidine groups is 1. The molecule has 0 radical (unpaired) electrons. The molecule has 28 heavy (non-hydrogen) atoms. The highest BCUT2D eigenvalue weighted by Crippen LogP contribution is 2.38. The molecule has 1 aromatic heterocycles. The lowest BCUT2D eigenvalue weighted by Crippen LogP contribution is -2.62. The molecule has 3 heterocycles. The molecule has 2 saturated heterocycles. The number of sulfonamides is 1. The van der Waals surface area contributed by atoms with Crippen LogP contribution in [0.25, 0.3) is 0 Å². The number of nitrogens with zero attached hydrogens (tertiary/aromatic N) is 4. The topological polar surface area (TPSA) is 101 Å². The number of aromatic nitrogens is 1. The Kier molecular flexibility index (Phi) is 5.24. The highest BCUT2D eigenvalue weighted by Gasteiger charge is 2.56. The molecule has 1 N–H and O–H groups in total. The van der Waals surface area contributed by atoms with Gasteiger partial charge in [-0.2, -0.15) is 0 Å². The summed E-state index contributed by atoms with van der Waals surface area (Å²) >= 11 is 0. The van der Waals surface area contributed by atoms with E-state index in [4.69, 9.17) is 4.99 Å². The summed E-state index contributed by atoms with van der Waals surface area (Å²) in [5.41, 5.74) is -0.150. The predicted molar refractivity (Wildman–Crippen MR) is 108 cm³/mol. The van der Waals surface area contributed by atoms with E-state index in [0.717, 1.165) is 25.7 Å². The number of piperidine rings is 1. The monoisotopic (exact) mass is 405 g/mol. The molecule has 152 valence electrons. The van der Waals surface area contributed by atoms with Crippen molar-refractivity contribution in [3.05, 3.63) is 24.5 Å². The van der Waals surface area contributed by atoms with Gasteiger partial charge in [-0.05, 0) is 37.8 Å². The lowest BCUT2D eigenvalue weighted by molar-refractivity contribution is 0.237. The zero-order chi connectivity index (χ0) is 19.8. The second-order valence-electron chi connectivity index (χ2n) is 7.98. The third-order valence-corrected chi connectivity index (χ3v) is 7.24. The first-order valence-corrected chi connectivity index (χ1v) is 11.8. The van der Waals surface area contributed by atoms with Crippen molar-refractivity contribution < 1.29 is 13.6 Å². The molecule has 1 spiro atoms. The van der Waals surface area contributed by atoms with E-state index in [1.54, 1.807) is 23.4 Å². The summed E-state index contributed by atoms with van der Waals surface area (Å²) < 4.78 is 26.1. The van der Waals surface area contributed by atoms with Crippen molar-refractivity contribution in [2.24, 2.45) is 4.99 Å². The molecular formula is C19H27N5O3S. The van der Waals surface area contributed by atoms with E-state index in [-0.39, 0.29) is 18.6 Å². The van der Waals surface area contributed by atoms with E-state index in [0.29, 0.717) is 30.9 Å². The number of hydrogen-bond donors (Lipinski definition) is 1. The second-order valence-corrected chi connectivity index (χ2v) is 9.96. The molecular weight excluding hydrogens is 378 g/mol. The van der Waals surface area contributed by atoms with Gasteiger partial charge in [-0.3, -0.25) is 20.2 Å². The van der Waals surface area contributed by atoms with Crippen LogP contribution in [0, 0.1) is 0 Å². The first-order valence-electron chi connectivity index (χ1n) is 9.95. The van der Waals surface area contributed by atoms with E-state index in [2.05, 4.69) is 10.3 Å². The Morgan fingerprint density at radius 3 is 2.79 bits per heavy atom. The van der Waals surface area contributed by atoms with Crippen molar-refractivity contribution in [2.45, 2.75) is 56.5 Å². The van der Waals surface area contributed by atoms with Gasteiger partial charge in [0.15, 0.2) is 0 Å². The van der Waals surface area contributed by atoms with Crippen molar-refractivity contribution in [1.82, 2.24) is 14.6 Å². The molecule has 2 unspecified atom stereocenters. The van der Waals surface area contributed by atoms with Gasteiger partial charge >= 0.3 is 6.03 Å². The molecule has 2 amide bonds. The van der Waals surface area contributed by atoms with Gasteiger partial charge in [-0.1, -0.05) is 23.5 Å². The Bertz CT molecular complexity index is 805. The molecule has 0 aromatic carbocycles. The molecule has 9 heteroatoms. The van der Waals surface area contributed by atoms with Gasteiger partial charge < -0.3 is 4.55 Å². The van der Waals surface area contributed by atoms with Crippen molar-refractivity contribution in [3.63, 3.8) is 0 Å². The fourth-order valence-corrected chi connectivity index (χ4v) is 5.53. The minimum atomic E-state index is -3.37.